The summed E-state index contributed by atoms with van der Waals surface area (Å²) in [4.78, 5) is 22.1. The Hall–Kier alpha value is -1.53. The minimum absolute atomic E-state index is 0.269. The summed E-state index contributed by atoms with van der Waals surface area (Å²) in [6, 6.07) is 5.89. The van der Waals surface area contributed by atoms with Crippen LogP contribution >= 0.6 is 11.8 Å². The SMILES string of the molecule is NC(CCCSc1ccccc1C(=O)O)C(=O)O. The Bertz CT molecular complexity index is 436. The normalized spacial score (nSPS) is 12.1. The molecule has 0 radical (unpaired) electrons. The van der Waals surface area contributed by atoms with Gasteiger partial charge in [-0.25, -0.2) is 4.79 Å². The maximum atomic E-state index is 10.9. The van der Waals surface area contributed by atoms with Gasteiger partial charge in [-0.1, -0.05) is 12.1 Å². The van der Waals surface area contributed by atoms with Crippen molar-refractivity contribution in [1.29, 1.82) is 0 Å². The molecule has 1 rings (SSSR count). The van der Waals surface area contributed by atoms with Crippen LogP contribution in [0, 0.1) is 0 Å². The van der Waals surface area contributed by atoms with Gasteiger partial charge in [-0.3, -0.25) is 4.79 Å². The molecule has 0 aromatic heterocycles. The summed E-state index contributed by atoms with van der Waals surface area (Å²) in [6.07, 6.45) is 1.02. The van der Waals surface area contributed by atoms with Gasteiger partial charge in [0.2, 0.25) is 0 Å². The van der Waals surface area contributed by atoms with Gasteiger partial charge < -0.3 is 15.9 Å². The summed E-state index contributed by atoms with van der Waals surface area (Å²) in [7, 11) is 0. The van der Waals surface area contributed by atoms with Crippen molar-refractivity contribution < 1.29 is 19.8 Å². The zero-order chi connectivity index (χ0) is 13.5. The van der Waals surface area contributed by atoms with Crippen molar-refractivity contribution in [3.05, 3.63) is 29.8 Å². The molecule has 0 saturated heterocycles. The quantitative estimate of drug-likeness (QED) is 0.514. The fraction of sp³-hybridized carbons (Fsp3) is 0.333. The number of carboxylic acids is 2. The van der Waals surface area contributed by atoms with Gasteiger partial charge in [0.1, 0.15) is 6.04 Å². The van der Waals surface area contributed by atoms with E-state index >= 15 is 0 Å². The maximum absolute atomic E-state index is 10.9. The second kappa shape index (κ2) is 7.03. The van der Waals surface area contributed by atoms with Crippen LogP contribution < -0.4 is 5.73 Å². The van der Waals surface area contributed by atoms with Crippen LogP contribution in [0.4, 0.5) is 0 Å². The highest BCUT2D eigenvalue weighted by Crippen LogP contribution is 2.23. The number of carbonyl (C=O) groups is 2. The Labute approximate surface area is 109 Å². The van der Waals surface area contributed by atoms with Crippen molar-refractivity contribution in [2.45, 2.75) is 23.8 Å². The van der Waals surface area contributed by atoms with Gasteiger partial charge in [0.25, 0.3) is 0 Å². The van der Waals surface area contributed by atoms with Gasteiger partial charge >= 0.3 is 11.9 Å². The molecule has 98 valence electrons. The molecule has 0 aliphatic heterocycles. The predicted octanol–water partition coefficient (Wildman–Crippen LogP) is 1.67. The second-order valence-corrected chi connectivity index (χ2v) is 4.87. The Morgan fingerprint density at radius 3 is 2.56 bits per heavy atom. The third-order valence-corrected chi connectivity index (χ3v) is 3.51. The molecule has 0 aliphatic rings. The van der Waals surface area contributed by atoms with Gasteiger partial charge in [-0.05, 0) is 30.7 Å². The number of carboxylic acid groups (broad SMARTS) is 2. The summed E-state index contributed by atoms with van der Waals surface area (Å²) in [6.45, 7) is 0. The molecule has 6 heteroatoms. The van der Waals surface area contributed by atoms with E-state index in [1.807, 2.05) is 0 Å². The number of rotatable bonds is 7. The van der Waals surface area contributed by atoms with E-state index in [2.05, 4.69) is 0 Å². The molecule has 4 N–H and O–H groups in total. The number of benzene rings is 1. The zero-order valence-corrected chi connectivity index (χ0v) is 10.5. The standard InChI is InChI=1S/C12H15NO4S/c13-9(12(16)17)5-3-7-18-10-6-2-1-4-8(10)11(14)15/h1-2,4,6,9H,3,5,7,13H2,(H,14,15)(H,16,17). The number of aliphatic carboxylic acids is 1. The predicted molar refractivity (Wildman–Crippen MR) is 69.0 cm³/mol. The summed E-state index contributed by atoms with van der Waals surface area (Å²) in [5.41, 5.74) is 5.64. The smallest absolute Gasteiger partial charge is 0.336 e. The van der Waals surface area contributed by atoms with E-state index in [0.717, 1.165) is 0 Å². The maximum Gasteiger partial charge on any atom is 0.336 e. The number of thioether (sulfide) groups is 1. The molecule has 0 heterocycles. The summed E-state index contributed by atoms with van der Waals surface area (Å²) in [5, 5.41) is 17.6. The first kappa shape index (κ1) is 14.5. The highest BCUT2D eigenvalue weighted by molar-refractivity contribution is 7.99. The van der Waals surface area contributed by atoms with Crippen LogP contribution in [0.1, 0.15) is 23.2 Å². The van der Waals surface area contributed by atoms with Crippen LogP contribution in [-0.2, 0) is 4.79 Å². The number of hydrogen-bond acceptors (Lipinski definition) is 4. The van der Waals surface area contributed by atoms with E-state index in [-0.39, 0.29) is 5.56 Å². The van der Waals surface area contributed by atoms with Gasteiger partial charge in [-0.15, -0.1) is 11.8 Å². The minimum atomic E-state index is -1.01. The lowest BCUT2D eigenvalue weighted by Gasteiger charge is -2.07. The summed E-state index contributed by atoms with van der Waals surface area (Å²) >= 11 is 1.40. The fourth-order valence-corrected chi connectivity index (χ4v) is 2.39. The van der Waals surface area contributed by atoms with Crippen molar-refractivity contribution in [3.63, 3.8) is 0 Å². The minimum Gasteiger partial charge on any atom is -0.480 e. The van der Waals surface area contributed by atoms with E-state index in [1.165, 1.54) is 11.8 Å². The molecule has 1 atom stereocenters. The zero-order valence-electron chi connectivity index (χ0n) is 9.70. The molecule has 1 aromatic carbocycles. The van der Waals surface area contributed by atoms with Gasteiger partial charge in [0.05, 0.1) is 5.56 Å². The molecule has 0 amide bonds. The third kappa shape index (κ3) is 4.38. The molecule has 0 bridgehead atoms. The van der Waals surface area contributed by atoms with Gasteiger partial charge in [0, 0.05) is 4.90 Å². The third-order valence-electron chi connectivity index (χ3n) is 2.35. The molecule has 5 nitrogen and oxygen atoms in total. The molecular formula is C12H15NO4S. The lowest BCUT2D eigenvalue weighted by molar-refractivity contribution is -0.138. The van der Waals surface area contributed by atoms with Crippen molar-refractivity contribution in [1.82, 2.24) is 0 Å². The molecule has 0 saturated carbocycles. The van der Waals surface area contributed by atoms with Crippen LogP contribution in [0.3, 0.4) is 0 Å². The Kier molecular flexibility index (Phi) is 5.67. The van der Waals surface area contributed by atoms with Crippen LogP contribution in [-0.4, -0.2) is 33.9 Å². The van der Waals surface area contributed by atoms with Gasteiger partial charge in [0.15, 0.2) is 0 Å². The van der Waals surface area contributed by atoms with E-state index < -0.39 is 18.0 Å². The Morgan fingerprint density at radius 1 is 1.28 bits per heavy atom. The van der Waals surface area contributed by atoms with Crippen LogP contribution in [0.2, 0.25) is 0 Å². The van der Waals surface area contributed by atoms with Crippen molar-refractivity contribution in [2.75, 3.05) is 5.75 Å². The molecule has 0 fully saturated rings. The second-order valence-electron chi connectivity index (χ2n) is 3.74. The summed E-state index contributed by atoms with van der Waals surface area (Å²) < 4.78 is 0. The lowest BCUT2D eigenvalue weighted by Crippen LogP contribution is -2.29. The van der Waals surface area contributed by atoms with Gasteiger partial charge in [-0.2, -0.15) is 0 Å². The average Bonchev–Trinajstić information content (AvgIpc) is 2.34. The first-order chi connectivity index (χ1) is 8.52. The van der Waals surface area contributed by atoms with E-state index in [4.69, 9.17) is 15.9 Å². The highest BCUT2D eigenvalue weighted by Gasteiger charge is 2.12. The molecular weight excluding hydrogens is 254 g/mol. The van der Waals surface area contributed by atoms with Crippen molar-refractivity contribution in [3.8, 4) is 0 Å². The highest BCUT2D eigenvalue weighted by atomic mass is 32.2. The van der Waals surface area contributed by atoms with Crippen LogP contribution in [0.15, 0.2) is 29.2 Å². The number of nitrogens with two attached hydrogens (primary N) is 1. The number of hydrogen-bond donors (Lipinski definition) is 3. The molecule has 1 aromatic rings. The fourth-order valence-electron chi connectivity index (χ4n) is 1.38. The Balaban J connectivity index is 2.45. The molecule has 18 heavy (non-hydrogen) atoms. The molecule has 0 aliphatic carbocycles. The largest absolute Gasteiger partial charge is 0.480 e. The topological polar surface area (TPSA) is 101 Å². The van der Waals surface area contributed by atoms with Crippen LogP contribution in [0.25, 0.3) is 0 Å². The molecule has 0 spiro atoms. The van der Waals surface area contributed by atoms with E-state index in [1.54, 1.807) is 24.3 Å². The lowest BCUT2D eigenvalue weighted by atomic mass is 10.2. The number of aromatic carboxylic acids is 1. The van der Waals surface area contributed by atoms with Crippen molar-refractivity contribution >= 4 is 23.7 Å². The average molecular weight is 269 g/mol. The molecule has 1 unspecified atom stereocenters. The van der Waals surface area contributed by atoms with Crippen LogP contribution in [0.5, 0.6) is 0 Å². The monoisotopic (exact) mass is 269 g/mol. The first-order valence-corrected chi connectivity index (χ1v) is 6.44. The summed E-state index contributed by atoms with van der Waals surface area (Å²) in [5.74, 6) is -1.32. The Morgan fingerprint density at radius 2 is 1.94 bits per heavy atom. The van der Waals surface area contributed by atoms with E-state index in [9.17, 15) is 9.59 Å². The van der Waals surface area contributed by atoms with E-state index in [0.29, 0.717) is 23.5 Å². The van der Waals surface area contributed by atoms with Crippen molar-refractivity contribution in [2.24, 2.45) is 5.73 Å². The first-order valence-electron chi connectivity index (χ1n) is 5.46.